The van der Waals surface area contributed by atoms with E-state index in [1.807, 2.05) is 0 Å². The number of rotatable bonds is 11. The van der Waals surface area contributed by atoms with Crippen LogP contribution in [0.3, 0.4) is 0 Å². The molecule has 0 spiro atoms. The van der Waals surface area contributed by atoms with Gasteiger partial charge in [-0.2, -0.15) is 0 Å². The molecule has 0 aromatic carbocycles. The Balaban J connectivity index is 3.01. The van der Waals surface area contributed by atoms with E-state index in [-0.39, 0.29) is 0 Å². The van der Waals surface area contributed by atoms with E-state index in [0.717, 1.165) is 18.8 Å². The minimum atomic E-state index is 0.888. The molecule has 0 rings (SSSR count). The molecule has 0 aliphatic carbocycles. The van der Waals surface area contributed by atoms with Crippen LogP contribution in [0.1, 0.15) is 97.8 Å². The summed E-state index contributed by atoms with van der Waals surface area (Å²) in [5.74, 6) is 7.37. The minimum Gasteiger partial charge on any atom is -0.103 e. The summed E-state index contributed by atoms with van der Waals surface area (Å²) >= 11 is 0. The van der Waals surface area contributed by atoms with Crippen molar-refractivity contribution in [1.82, 2.24) is 0 Å². The highest BCUT2D eigenvalue weighted by molar-refractivity contribution is 4.98. The summed E-state index contributed by atoms with van der Waals surface area (Å²) in [7, 11) is 0. The van der Waals surface area contributed by atoms with E-state index in [2.05, 4.69) is 32.6 Å². The molecule has 0 aliphatic rings. The molecule has 0 unspecified atom stereocenters. The second-order valence-electron chi connectivity index (χ2n) is 5.86. The lowest BCUT2D eigenvalue weighted by Crippen LogP contribution is -1.87. The van der Waals surface area contributed by atoms with Crippen molar-refractivity contribution in [3.05, 3.63) is 0 Å². The van der Waals surface area contributed by atoms with Crippen molar-refractivity contribution >= 4 is 0 Å². The van der Waals surface area contributed by atoms with Crippen molar-refractivity contribution < 1.29 is 0 Å². The first-order chi connectivity index (χ1) is 8.77. The normalized spacial score (nSPS) is 10.4. The summed E-state index contributed by atoms with van der Waals surface area (Å²) in [5.41, 5.74) is 0. The molecule has 0 N–H and O–H groups in total. The van der Waals surface area contributed by atoms with Gasteiger partial charge in [0.2, 0.25) is 0 Å². The highest BCUT2D eigenvalue weighted by atomic mass is 14.0. The SMILES string of the molecule is CCCC#CCCCCCCCCCCC(C)C. The first kappa shape index (κ1) is 17.6. The molecule has 0 fully saturated rings. The first-order valence-corrected chi connectivity index (χ1v) is 8.23. The first-order valence-electron chi connectivity index (χ1n) is 8.23. The zero-order valence-corrected chi connectivity index (χ0v) is 13.1. The largest absolute Gasteiger partial charge is 0.103 e. The van der Waals surface area contributed by atoms with E-state index in [1.54, 1.807) is 0 Å². The summed E-state index contributed by atoms with van der Waals surface area (Å²) in [4.78, 5) is 0. The molecule has 0 bridgehead atoms. The van der Waals surface area contributed by atoms with E-state index in [9.17, 15) is 0 Å². The maximum absolute atomic E-state index is 3.27. The lowest BCUT2D eigenvalue weighted by atomic mass is 10.0. The molecule has 18 heavy (non-hydrogen) atoms. The van der Waals surface area contributed by atoms with Crippen molar-refractivity contribution in [3.8, 4) is 11.8 Å². The fraction of sp³-hybridized carbons (Fsp3) is 0.889. The van der Waals surface area contributed by atoms with Crippen molar-refractivity contribution in [2.24, 2.45) is 5.92 Å². The van der Waals surface area contributed by atoms with E-state index in [0.29, 0.717) is 0 Å². The van der Waals surface area contributed by atoms with E-state index in [1.165, 1.54) is 64.2 Å². The smallest absolute Gasteiger partial charge is 0.00886 e. The standard InChI is InChI=1S/C18H34/c1-4-5-6-7-8-9-10-11-12-13-14-15-16-17-18(2)3/h18H,4-5,8-17H2,1-3H3. The molecule has 0 saturated carbocycles. The van der Waals surface area contributed by atoms with E-state index >= 15 is 0 Å². The van der Waals surface area contributed by atoms with Gasteiger partial charge in [-0.1, -0.05) is 72.1 Å². The number of unbranched alkanes of at least 4 members (excludes halogenated alkanes) is 9. The highest BCUT2D eigenvalue weighted by Crippen LogP contribution is 2.12. The monoisotopic (exact) mass is 250 g/mol. The molecule has 0 radical (unpaired) electrons. The molecule has 0 aromatic rings. The van der Waals surface area contributed by atoms with Crippen LogP contribution in [0.2, 0.25) is 0 Å². The van der Waals surface area contributed by atoms with Crippen LogP contribution in [0.25, 0.3) is 0 Å². The average Bonchev–Trinajstić information content (AvgIpc) is 2.34. The predicted molar refractivity (Wildman–Crippen MR) is 83.7 cm³/mol. The molecule has 106 valence electrons. The van der Waals surface area contributed by atoms with Crippen LogP contribution >= 0.6 is 0 Å². The molecule has 0 aliphatic heterocycles. The second kappa shape index (κ2) is 14.6. The predicted octanol–water partition coefficient (Wildman–Crippen LogP) is 6.35. The average molecular weight is 250 g/mol. The zero-order valence-electron chi connectivity index (χ0n) is 13.1. The second-order valence-corrected chi connectivity index (χ2v) is 5.86. The Morgan fingerprint density at radius 1 is 0.667 bits per heavy atom. The molecule has 0 heteroatoms. The molecule has 0 nitrogen and oxygen atoms in total. The Morgan fingerprint density at radius 2 is 1.17 bits per heavy atom. The van der Waals surface area contributed by atoms with Crippen LogP contribution < -0.4 is 0 Å². The fourth-order valence-corrected chi connectivity index (χ4v) is 2.13. The van der Waals surface area contributed by atoms with Crippen LogP contribution in [0, 0.1) is 17.8 Å². The maximum atomic E-state index is 3.27. The Bertz CT molecular complexity index is 204. The lowest BCUT2D eigenvalue weighted by molar-refractivity contribution is 0.508. The van der Waals surface area contributed by atoms with Crippen LogP contribution in [-0.4, -0.2) is 0 Å². The van der Waals surface area contributed by atoms with Crippen molar-refractivity contribution in [2.45, 2.75) is 97.8 Å². The van der Waals surface area contributed by atoms with Crippen LogP contribution in [0.15, 0.2) is 0 Å². The van der Waals surface area contributed by atoms with Gasteiger partial charge in [0.25, 0.3) is 0 Å². The van der Waals surface area contributed by atoms with Crippen LogP contribution in [0.4, 0.5) is 0 Å². The molecular formula is C18H34. The van der Waals surface area contributed by atoms with Gasteiger partial charge in [-0.25, -0.2) is 0 Å². The van der Waals surface area contributed by atoms with E-state index in [4.69, 9.17) is 0 Å². The number of hydrogen-bond acceptors (Lipinski definition) is 0. The van der Waals surface area contributed by atoms with Gasteiger partial charge in [0, 0.05) is 12.8 Å². The van der Waals surface area contributed by atoms with Gasteiger partial charge in [0.05, 0.1) is 0 Å². The zero-order chi connectivity index (χ0) is 13.5. The third kappa shape index (κ3) is 15.6. The Labute approximate surface area is 116 Å². The summed E-state index contributed by atoms with van der Waals surface area (Å²) in [5, 5.41) is 0. The molecule has 0 saturated heterocycles. The van der Waals surface area contributed by atoms with Crippen molar-refractivity contribution in [3.63, 3.8) is 0 Å². The molecule has 0 aromatic heterocycles. The molecule has 0 amide bonds. The third-order valence-corrected chi connectivity index (χ3v) is 3.33. The maximum Gasteiger partial charge on any atom is 0.00886 e. The molecular weight excluding hydrogens is 216 g/mol. The van der Waals surface area contributed by atoms with E-state index < -0.39 is 0 Å². The van der Waals surface area contributed by atoms with Gasteiger partial charge < -0.3 is 0 Å². The fourth-order valence-electron chi connectivity index (χ4n) is 2.13. The quantitative estimate of drug-likeness (QED) is 0.296. The Hall–Kier alpha value is -0.440. The Morgan fingerprint density at radius 3 is 1.72 bits per heavy atom. The van der Waals surface area contributed by atoms with Gasteiger partial charge >= 0.3 is 0 Å². The summed E-state index contributed by atoms with van der Waals surface area (Å²) in [6, 6.07) is 0. The lowest BCUT2D eigenvalue weighted by Gasteiger charge is -2.04. The molecule has 0 heterocycles. The van der Waals surface area contributed by atoms with Crippen molar-refractivity contribution in [2.75, 3.05) is 0 Å². The topological polar surface area (TPSA) is 0 Å². The molecule has 0 atom stereocenters. The number of hydrogen-bond donors (Lipinski definition) is 0. The third-order valence-electron chi connectivity index (χ3n) is 3.33. The van der Waals surface area contributed by atoms with Gasteiger partial charge in [-0.3, -0.25) is 0 Å². The van der Waals surface area contributed by atoms with Gasteiger partial charge in [0.15, 0.2) is 0 Å². The van der Waals surface area contributed by atoms with Crippen LogP contribution in [-0.2, 0) is 0 Å². The highest BCUT2D eigenvalue weighted by Gasteiger charge is 1.94. The van der Waals surface area contributed by atoms with Crippen molar-refractivity contribution in [1.29, 1.82) is 0 Å². The van der Waals surface area contributed by atoms with Gasteiger partial charge in [-0.15, -0.1) is 11.8 Å². The summed E-state index contributed by atoms with van der Waals surface area (Å²) in [6.45, 7) is 6.84. The summed E-state index contributed by atoms with van der Waals surface area (Å²) < 4.78 is 0. The van der Waals surface area contributed by atoms with Crippen LogP contribution in [0.5, 0.6) is 0 Å². The Kier molecular flexibility index (Phi) is 14.3. The minimum absolute atomic E-state index is 0.888. The van der Waals surface area contributed by atoms with Gasteiger partial charge in [0.1, 0.15) is 0 Å². The van der Waals surface area contributed by atoms with Gasteiger partial charge in [-0.05, 0) is 18.8 Å². The summed E-state index contributed by atoms with van der Waals surface area (Å²) in [6.07, 6.45) is 16.1.